The van der Waals surface area contributed by atoms with Crippen LogP contribution in [0, 0.1) is 5.92 Å². The Kier molecular flexibility index (Phi) is 4.18. The zero-order valence-corrected chi connectivity index (χ0v) is 11.3. The van der Waals surface area contributed by atoms with Crippen LogP contribution in [0.15, 0.2) is 22.7 Å². The first-order valence-corrected chi connectivity index (χ1v) is 6.47. The van der Waals surface area contributed by atoms with E-state index >= 15 is 0 Å². The average Bonchev–Trinajstić information content (AvgIpc) is 2.39. The van der Waals surface area contributed by atoms with Crippen molar-refractivity contribution in [2.75, 3.05) is 20.3 Å². The van der Waals surface area contributed by atoms with Gasteiger partial charge in [0.1, 0.15) is 5.75 Å². The van der Waals surface area contributed by atoms with E-state index < -0.39 is 0 Å². The van der Waals surface area contributed by atoms with E-state index in [1.54, 1.807) is 13.2 Å². The monoisotopic (exact) mass is 298 g/mol. The van der Waals surface area contributed by atoms with E-state index in [-0.39, 0.29) is 11.7 Å². The molecule has 0 amide bonds. The third-order valence-electron chi connectivity index (χ3n) is 2.96. The first-order valence-electron chi connectivity index (χ1n) is 5.68. The van der Waals surface area contributed by atoms with Crippen LogP contribution in [-0.2, 0) is 4.74 Å². The van der Waals surface area contributed by atoms with Gasteiger partial charge in [-0.15, -0.1) is 0 Å². The highest BCUT2D eigenvalue weighted by Gasteiger charge is 2.25. The molecule has 1 atom stereocenters. The standard InChI is InChI=1S/C13H15BrO3/c1-16-12-5-4-10(14)7-11(12)13(15)9-3-2-6-17-8-9/h4-5,7,9H,2-3,6,8H2,1H3. The zero-order chi connectivity index (χ0) is 12.3. The summed E-state index contributed by atoms with van der Waals surface area (Å²) in [5.74, 6) is 0.707. The van der Waals surface area contributed by atoms with Gasteiger partial charge in [-0.25, -0.2) is 0 Å². The van der Waals surface area contributed by atoms with Gasteiger partial charge in [0.2, 0.25) is 0 Å². The van der Waals surface area contributed by atoms with Crippen LogP contribution in [0.1, 0.15) is 23.2 Å². The van der Waals surface area contributed by atoms with Gasteiger partial charge in [-0.3, -0.25) is 4.79 Å². The zero-order valence-electron chi connectivity index (χ0n) is 9.74. The Bertz CT molecular complexity index is 411. The molecule has 2 rings (SSSR count). The number of ketones is 1. The summed E-state index contributed by atoms with van der Waals surface area (Å²) in [6.07, 6.45) is 1.85. The second-order valence-electron chi connectivity index (χ2n) is 4.12. The second kappa shape index (κ2) is 5.65. The first-order chi connectivity index (χ1) is 8.22. The molecule has 0 spiro atoms. The molecule has 0 saturated carbocycles. The number of halogens is 1. The topological polar surface area (TPSA) is 35.5 Å². The number of carbonyl (C=O) groups excluding carboxylic acids is 1. The maximum absolute atomic E-state index is 12.4. The Morgan fingerprint density at radius 3 is 3.00 bits per heavy atom. The van der Waals surface area contributed by atoms with Crippen LogP contribution in [0.4, 0.5) is 0 Å². The molecule has 1 unspecified atom stereocenters. The number of rotatable bonds is 3. The summed E-state index contributed by atoms with van der Waals surface area (Å²) in [6, 6.07) is 5.49. The fourth-order valence-corrected chi connectivity index (χ4v) is 2.40. The molecule has 1 fully saturated rings. The lowest BCUT2D eigenvalue weighted by Crippen LogP contribution is -2.25. The van der Waals surface area contributed by atoms with Crippen LogP contribution in [0.5, 0.6) is 5.75 Å². The lowest BCUT2D eigenvalue weighted by molar-refractivity contribution is 0.0459. The van der Waals surface area contributed by atoms with Crippen molar-refractivity contribution < 1.29 is 14.3 Å². The highest BCUT2D eigenvalue weighted by molar-refractivity contribution is 9.10. The third-order valence-corrected chi connectivity index (χ3v) is 3.45. The number of Topliss-reactive ketones (excluding diaryl/α,β-unsaturated/α-hetero) is 1. The molecule has 1 aromatic carbocycles. The number of hydrogen-bond acceptors (Lipinski definition) is 3. The SMILES string of the molecule is COc1ccc(Br)cc1C(=O)C1CCCOC1. The van der Waals surface area contributed by atoms with Crippen molar-refractivity contribution >= 4 is 21.7 Å². The van der Waals surface area contributed by atoms with Crippen molar-refractivity contribution in [1.82, 2.24) is 0 Å². The van der Waals surface area contributed by atoms with Crippen molar-refractivity contribution in [3.63, 3.8) is 0 Å². The van der Waals surface area contributed by atoms with Gasteiger partial charge in [0.05, 0.1) is 19.3 Å². The number of hydrogen-bond donors (Lipinski definition) is 0. The molecule has 0 aromatic heterocycles. The molecule has 4 heteroatoms. The summed E-state index contributed by atoms with van der Waals surface area (Å²) in [6.45, 7) is 1.29. The molecule has 1 aliphatic heterocycles. The van der Waals surface area contributed by atoms with Crippen molar-refractivity contribution in [2.24, 2.45) is 5.92 Å². The molecule has 0 radical (unpaired) electrons. The minimum absolute atomic E-state index is 0.0352. The van der Waals surface area contributed by atoms with Crippen molar-refractivity contribution in [3.05, 3.63) is 28.2 Å². The Balaban J connectivity index is 2.25. The van der Waals surface area contributed by atoms with E-state index in [2.05, 4.69) is 15.9 Å². The minimum Gasteiger partial charge on any atom is -0.496 e. The van der Waals surface area contributed by atoms with Gasteiger partial charge in [0.15, 0.2) is 5.78 Å². The molecule has 1 aromatic rings. The van der Waals surface area contributed by atoms with Gasteiger partial charge in [-0.1, -0.05) is 15.9 Å². The van der Waals surface area contributed by atoms with Crippen molar-refractivity contribution in [2.45, 2.75) is 12.8 Å². The van der Waals surface area contributed by atoms with Gasteiger partial charge in [0, 0.05) is 17.0 Å². The molecule has 92 valence electrons. The minimum atomic E-state index is -0.0352. The maximum Gasteiger partial charge on any atom is 0.172 e. The number of ether oxygens (including phenoxy) is 2. The predicted octanol–water partition coefficient (Wildman–Crippen LogP) is 3.07. The molecule has 1 aliphatic rings. The van der Waals surface area contributed by atoms with Gasteiger partial charge in [-0.2, -0.15) is 0 Å². The lowest BCUT2D eigenvalue weighted by atomic mass is 9.92. The van der Waals surface area contributed by atoms with E-state index in [0.717, 1.165) is 23.9 Å². The van der Waals surface area contributed by atoms with Crippen LogP contribution in [0.3, 0.4) is 0 Å². The summed E-state index contributed by atoms with van der Waals surface area (Å²) in [5.41, 5.74) is 0.636. The summed E-state index contributed by atoms with van der Waals surface area (Å²) < 4.78 is 11.5. The first kappa shape index (κ1) is 12.6. The summed E-state index contributed by atoms with van der Waals surface area (Å²) >= 11 is 3.38. The van der Waals surface area contributed by atoms with Gasteiger partial charge in [-0.05, 0) is 31.0 Å². The number of benzene rings is 1. The third kappa shape index (κ3) is 2.87. The molecule has 0 bridgehead atoms. The highest BCUT2D eigenvalue weighted by atomic mass is 79.9. The van der Waals surface area contributed by atoms with Gasteiger partial charge >= 0.3 is 0 Å². The summed E-state index contributed by atoms with van der Waals surface area (Å²) in [4.78, 5) is 12.4. The van der Waals surface area contributed by atoms with Gasteiger partial charge < -0.3 is 9.47 Å². The Morgan fingerprint density at radius 2 is 2.35 bits per heavy atom. The van der Waals surface area contributed by atoms with Crippen LogP contribution in [0.2, 0.25) is 0 Å². The summed E-state index contributed by atoms with van der Waals surface area (Å²) in [5, 5.41) is 0. The molecular weight excluding hydrogens is 284 g/mol. The lowest BCUT2D eigenvalue weighted by Gasteiger charge is -2.21. The second-order valence-corrected chi connectivity index (χ2v) is 5.04. The average molecular weight is 299 g/mol. The van der Waals surface area contributed by atoms with Crippen LogP contribution in [0.25, 0.3) is 0 Å². The van der Waals surface area contributed by atoms with Crippen LogP contribution < -0.4 is 4.74 Å². The smallest absolute Gasteiger partial charge is 0.172 e. The molecular formula is C13H15BrO3. The van der Waals surface area contributed by atoms with E-state index in [1.807, 2.05) is 12.1 Å². The Labute approximate surface area is 109 Å². The fraction of sp³-hybridized carbons (Fsp3) is 0.462. The molecule has 17 heavy (non-hydrogen) atoms. The molecule has 1 saturated heterocycles. The molecule has 1 heterocycles. The molecule has 0 aliphatic carbocycles. The molecule has 3 nitrogen and oxygen atoms in total. The van der Waals surface area contributed by atoms with Gasteiger partial charge in [0.25, 0.3) is 0 Å². The van der Waals surface area contributed by atoms with E-state index in [4.69, 9.17) is 9.47 Å². The maximum atomic E-state index is 12.4. The largest absolute Gasteiger partial charge is 0.496 e. The Morgan fingerprint density at radius 1 is 1.53 bits per heavy atom. The van der Waals surface area contributed by atoms with E-state index in [0.29, 0.717) is 17.9 Å². The van der Waals surface area contributed by atoms with Crippen molar-refractivity contribution in [3.8, 4) is 5.75 Å². The quantitative estimate of drug-likeness (QED) is 0.805. The Hall–Kier alpha value is -0.870. The highest BCUT2D eigenvalue weighted by Crippen LogP contribution is 2.28. The predicted molar refractivity (Wildman–Crippen MR) is 68.6 cm³/mol. The van der Waals surface area contributed by atoms with E-state index in [9.17, 15) is 4.79 Å². The number of methoxy groups -OCH3 is 1. The molecule has 0 N–H and O–H groups in total. The van der Waals surface area contributed by atoms with Crippen LogP contribution in [-0.4, -0.2) is 26.1 Å². The number of carbonyl (C=O) groups is 1. The van der Waals surface area contributed by atoms with Crippen molar-refractivity contribution in [1.29, 1.82) is 0 Å². The fourth-order valence-electron chi connectivity index (χ4n) is 2.04. The summed E-state index contributed by atoms with van der Waals surface area (Å²) in [7, 11) is 1.58. The normalized spacial score (nSPS) is 20.0. The van der Waals surface area contributed by atoms with Crippen LogP contribution >= 0.6 is 15.9 Å². The van der Waals surface area contributed by atoms with E-state index in [1.165, 1.54) is 0 Å².